The minimum Gasteiger partial charge on any atom is -0.507 e. The average Bonchev–Trinajstić information content (AvgIpc) is 3.08. The number of esters is 1. The molecule has 0 amide bonds. The number of H-pyrrole nitrogens is 1. The molecule has 0 aliphatic heterocycles. The maximum atomic E-state index is 12.6. The summed E-state index contributed by atoms with van der Waals surface area (Å²) in [6.45, 7) is 2.01. The van der Waals surface area contributed by atoms with Crippen LogP contribution in [0.2, 0.25) is 0 Å². The number of rotatable bonds is 5. The lowest BCUT2D eigenvalue weighted by molar-refractivity contribution is -0.143. The van der Waals surface area contributed by atoms with Crippen molar-refractivity contribution in [3.05, 3.63) is 62.6 Å². The molecule has 6 heteroatoms. The molecule has 0 unspecified atom stereocenters. The second-order valence-corrected chi connectivity index (χ2v) is 6.16. The predicted molar refractivity (Wildman–Crippen MR) is 93.6 cm³/mol. The highest BCUT2D eigenvalue weighted by Crippen LogP contribution is 2.36. The van der Waals surface area contributed by atoms with Crippen LogP contribution in [0.25, 0.3) is 10.9 Å². The zero-order valence-electron chi connectivity index (χ0n) is 13.1. The lowest BCUT2D eigenvalue weighted by atomic mass is 9.89. The monoisotopic (exact) mass is 343 g/mol. The highest BCUT2D eigenvalue weighted by molar-refractivity contribution is 7.08. The zero-order valence-corrected chi connectivity index (χ0v) is 13.9. The highest BCUT2D eigenvalue weighted by atomic mass is 32.1. The molecule has 0 bridgehead atoms. The Hall–Kier alpha value is -2.60. The molecule has 0 spiro atoms. The summed E-state index contributed by atoms with van der Waals surface area (Å²) >= 11 is 1.47. The van der Waals surface area contributed by atoms with Crippen LogP contribution in [0.3, 0.4) is 0 Å². The Morgan fingerprint density at radius 1 is 1.33 bits per heavy atom. The van der Waals surface area contributed by atoms with Crippen molar-refractivity contribution in [1.82, 2.24) is 4.98 Å². The van der Waals surface area contributed by atoms with E-state index in [-0.39, 0.29) is 24.3 Å². The van der Waals surface area contributed by atoms with E-state index in [2.05, 4.69) is 4.98 Å². The molecule has 5 nitrogen and oxygen atoms in total. The van der Waals surface area contributed by atoms with Crippen LogP contribution in [0.1, 0.15) is 30.4 Å². The first-order valence-electron chi connectivity index (χ1n) is 7.63. The summed E-state index contributed by atoms with van der Waals surface area (Å²) in [6, 6.07) is 8.88. The van der Waals surface area contributed by atoms with Gasteiger partial charge in [-0.05, 0) is 41.4 Å². The van der Waals surface area contributed by atoms with Gasteiger partial charge in [-0.3, -0.25) is 9.59 Å². The number of carbonyl (C=O) groups is 1. The summed E-state index contributed by atoms with van der Waals surface area (Å²) in [5.74, 6) is -1.04. The Bertz CT molecular complexity index is 914. The number of thiophene rings is 1. The van der Waals surface area contributed by atoms with Crippen molar-refractivity contribution in [3.63, 3.8) is 0 Å². The average molecular weight is 343 g/mol. The first-order chi connectivity index (χ1) is 11.6. The number of hydrogen-bond acceptors (Lipinski definition) is 5. The molecule has 0 saturated carbocycles. The van der Waals surface area contributed by atoms with Crippen molar-refractivity contribution in [2.45, 2.75) is 19.3 Å². The fraction of sp³-hybridized carbons (Fsp3) is 0.222. The van der Waals surface area contributed by atoms with Gasteiger partial charge >= 0.3 is 5.97 Å². The molecule has 1 aromatic carbocycles. The van der Waals surface area contributed by atoms with Crippen LogP contribution in [-0.4, -0.2) is 22.7 Å². The number of aromatic nitrogens is 1. The Balaban J connectivity index is 2.16. The van der Waals surface area contributed by atoms with E-state index in [1.54, 1.807) is 31.2 Å². The number of benzene rings is 1. The summed E-state index contributed by atoms with van der Waals surface area (Å²) in [6.07, 6.45) is -0.000443. The molecule has 0 fully saturated rings. The number of fused-ring (bicyclic) bond motifs is 1. The summed E-state index contributed by atoms with van der Waals surface area (Å²) < 4.78 is 5.03. The van der Waals surface area contributed by atoms with Gasteiger partial charge in [0.15, 0.2) is 0 Å². The number of aromatic hydroxyl groups is 1. The zero-order chi connectivity index (χ0) is 17.1. The molecule has 1 atom stereocenters. The van der Waals surface area contributed by atoms with Gasteiger partial charge in [-0.2, -0.15) is 11.3 Å². The number of pyridine rings is 1. The number of aromatic amines is 1. The van der Waals surface area contributed by atoms with Crippen LogP contribution in [0.4, 0.5) is 0 Å². The lowest BCUT2D eigenvalue weighted by Gasteiger charge is -2.17. The largest absolute Gasteiger partial charge is 0.507 e. The van der Waals surface area contributed by atoms with Gasteiger partial charge in [0.25, 0.3) is 5.56 Å². The van der Waals surface area contributed by atoms with Gasteiger partial charge < -0.3 is 14.8 Å². The molecule has 2 heterocycles. The first kappa shape index (κ1) is 16.3. The second-order valence-electron chi connectivity index (χ2n) is 5.38. The molecule has 0 radical (unpaired) electrons. The third-order valence-corrected chi connectivity index (χ3v) is 4.60. The van der Waals surface area contributed by atoms with Gasteiger partial charge in [0, 0.05) is 11.3 Å². The molecule has 2 N–H and O–H groups in total. The van der Waals surface area contributed by atoms with Crippen molar-refractivity contribution in [1.29, 1.82) is 0 Å². The Morgan fingerprint density at radius 3 is 2.83 bits per heavy atom. The number of ether oxygens (including phenoxy) is 1. The van der Waals surface area contributed by atoms with E-state index in [4.69, 9.17) is 4.74 Å². The molecule has 2 aromatic heterocycles. The molecule has 0 aliphatic carbocycles. The van der Waals surface area contributed by atoms with Gasteiger partial charge in [-0.1, -0.05) is 12.1 Å². The number of carbonyl (C=O) groups excluding carboxylic acids is 1. The maximum absolute atomic E-state index is 12.6. The van der Waals surface area contributed by atoms with Crippen LogP contribution in [0, 0.1) is 0 Å². The highest BCUT2D eigenvalue weighted by Gasteiger charge is 2.26. The van der Waals surface area contributed by atoms with Crippen molar-refractivity contribution >= 4 is 28.2 Å². The predicted octanol–water partition coefficient (Wildman–Crippen LogP) is 3.38. The Labute approximate surface area is 142 Å². The third kappa shape index (κ3) is 3.05. The van der Waals surface area contributed by atoms with E-state index in [0.29, 0.717) is 10.9 Å². The van der Waals surface area contributed by atoms with Crippen LogP contribution in [0.15, 0.2) is 45.9 Å². The minimum atomic E-state index is -0.552. The van der Waals surface area contributed by atoms with E-state index in [9.17, 15) is 14.7 Å². The van der Waals surface area contributed by atoms with E-state index < -0.39 is 17.4 Å². The van der Waals surface area contributed by atoms with Crippen LogP contribution < -0.4 is 5.56 Å². The normalized spacial score (nSPS) is 12.2. The van der Waals surface area contributed by atoms with E-state index >= 15 is 0 Å². The summed E-state index contributed by atoms with van der Waals surface area (Å²) in [4.78, 5) is 27.3. The second kappa shape index (κ2) is 6.88. The standard InChI is InChI=1S/C18H17NO4S/c1-2-23-15(20)9-13(11-7-8-24-10-11)16-17(21)12-5-3-4-6-14(12)19-18(16)22/h3-8,10,13H,2,9H2,1H3,(H2,19,21,22)/t13-/m0/s1. The Morgan fingerprint density at radius 2 is 2.12 bits per heavy atom. The van der Waals surface area contributed by atoms with E-state index in [1.165, 1.54) is 11.3 Å². The van der Waals surface area contributed by atoms with Crippen molar-refractivity contribution in [2.75, 3.05) is 6.61 Å². The summed E-state index contributed by atoms with van der Waals surface area (Å²) in [5.41, 5.74) is 1.17. The van der Waals surface area contributed by atoms with Gasteiger partial charge in [0.1, 0.15) is 5.75 Å². The SMILES string of the molecule is CCOC(=O)C[C@@H](c1ccsc1)c1c(O)c2ccccc2[nH]c1=O. The summed E-state index contributed by atoms with van der Waals surface area (Å²) in [5, 5.41) is 15.0. The molecule has 24 heavy (non-hydrogen) atoms. The number of para-hydroxylation sites is 1. The van der Waals surface area contributed by atoms with Gasteiger partial charge in [-0.15, -0.1) is 0 Å². The van der Waals surface area contributed by atoms with Gasteiger partial charge in [0.05, 0.1) is 24.1 Å². The maximum Gasteiger partial charge on any atom is 0.306 e. The van der Waals surface area contributed by atoms with Crippen LogP contribution >= 0.6 is 11.3 Å². The third-order valence-electron chi connectivity index (χ3n) is 3.90. The first-order valence-corrected chi connectivity index (χ1v) is 8.57. The van der Waals surface area contributed by atoms with E-state index in [1.807, 2.05) is 16.8 Å². The van der Waals surface area contributed by atoms with Crippen LogP contribution in [-0.2, 0) is 9.53 Å². The quantitative estimate of drug-likeness (QED) is 0.696. The molecular weight excluding hydrogens is 326 g/mol. The molecule has 3 aromatic rings. The fourth-order valence-electron chi connectivity index (χ4n) is 2.81. The van der Waals surface area contributed by atoms with Crippen molar-refractivity contribution < 1.29 is 14.6 Å². The molecule has 124 valence electrons. The number of nitrogens with one attached hydrogen (secondary N) is 1. The lowest BCUT2D eigenvalue weighted by Crippen LogP contribution is -2.20. The molecular formula is C18H17NO4S. The topological polar surface area (TPSA) is 79.4 Å². The summed E-state index contributed by atoms with van der Waals surface area (Å²) in [7, 11) is 0. The van der Waals surface area contributed by atoms with Gasteiger partial charge in [0.2, 0.25) is 0 Å². The fourth-order valence-corrected chi connectivity index (χ4v) is 3.52. The number of hydrogen-bond donors (Lipinski definition) is 2. The minimum absolute atomic E-state index is 0.000443. The van der Waals surface area contributed by atoms with Crippen molar-refractivity contribution in [2.24, 2.45) is 0 Å². The smallest absolute Gasteiger partial charge is 0.306 e. The van der Waals surface area contributed by atoms with Crippen molar-refractivity contribution in [3.8, 4) is 5.75 Å². The Kier molecular flexibility index (Phi) is 4.66. The van der Waals surface area contributed by atoms with Crippen LogP contribution in [0.5, 0.6) is 5.75 Å². The molecule has 0 saturated heterocycles. The van der Waals surface area contributed by atoms with Gasteiger partial charge in [-0.25, -0.2) is 0 Å². The molecule has 3 rings (SSSR count). The van der Waals surface area contributed by atoms with E-state index in [0.717, 1.165) is 5.56 Å². The molecule has 0 aliphatic rings.